The van der Waals surface area contributed by atoms with E-state index in [9.17, 15) is 9.18 Å². The number of anilines is 2. The van der Waals surface area contributed by atoms with Gasteiger partial charge in [0, 0.05) is 30.9 Å². The molecule has 2 heterocycles. The molecule has 1 saturated carbocycles. The number of halogens is 2. The van der Waals surface area contributed by atoms with E-state index < -0.39 is 36.7 Å². The number of amides is 1. The zero-order chi connectivity index (χ0) is 37.2. The third-order valence-electron chi connectivity index (χ3n) is 10.2. The third kappa shape index (κ3) is 8.06. The Bertz CT molecular complexity index is 1910. The largest absolute Gasteiger partial charge is 0.497 e. The number of nitrogen functional groups attached to an aromatic ring is 1. The van der Waals surface area contributed by atoms with Crippen LogP contribution in [-0.2, 0) is 15.9 Å². The SMILES string of the molecule is COc1ccc(CN(CCF)CCOc2c(N)ncnc2-c2cc(B3OC(C)(C)C(C)(C)O3)cc(NC(=O)c3ccc(C4CC4)cc3F)c2C)cc1. The highest BCUT2D eigenvalue weighted by atomic mass is 19.1. The maximum atomic E-state index is 15.2. The quantitative estimate of drug-likeness (QED) is 0.142. The molecule has 10 nitrogen and oxygen atoms in total. The molecule has 0 radical (unpaired) electrons. The molecule has 2 fully saturated rings. The Morgan fingerprint density at radius 2 is 1.75 bits per heavy atom. The van der Waals surface area contributed by atoms with Crippen molar-refractivity contribution < 1.29 is 32.4 Å². The Morgan fingerprint density at radius 1 is 1.04 bits per heavy atom. The van der Waals surface area contributed by atoms with Crippen LogP contribution in [0.15, 0.2) is 60.9 Å². The smallest absolute Gasteiger partial charge is 0.494 e. The fourth-order valence-corrected chi connectivity index (χ4v) is 6.18. The van der Waals surface area contributed by atoms with Crippen molar-refractivity contribution in [2.24, 2.45) is 0 Å². The minimum Gasteiger partial charge on any atom is -0.497 e. The highest BCUT2D eigenvalue weighted by Gasteiger charge is 2.52. The number of hydrogen-bond acceptors (Lipinski definition) is 9. The van der Waals surface area contributed by atoms with Crippen LogP contribution < -0.4 is 26.0 Å². The van der Waals surface area contributed by atoms with E-state index in [0.717, 1.165) is 29.7 Å². The lowest BCUT2D eigenvalue weighted by molar-refractivity contribution is 0.00578. The van der Waals surface area contributed by atoms with E-state index in [2.05, 4.69) is 15.3 Å². The van der Waals surface area contributed by atoms with Gasteiger partial charge in [-0.2, -0.15) is 0 Å². The van der Waals surface area contributed by atoms with Gasteiger partial charge in [-0.05, 0) is 106 Å². The summed E-state index contributed by atoms with van der Waals surface area (Å²) in [4.78, 5) is 24.3. The molecular weight excluding hydrogens is 667 g/mol. The van der Waals surface area contributed by atoms with Crippen LogP contribution in [0.25, 0.3) is 11.3 Å². The predicted octanol–water partition coefficient (Wildman–Crippen LogP) is 6.46. The van der Waals surface area contributed by atoms with Gasteiger partial charge in [0.05, 0.1) is 23.9 Å². The van der Waals surface area contributed by atoms with Crippen molar-refractivity contribution in [2.75, 3.05) is 44.5 Å². The minimum atomic E-state index is -0.787. The fourth-order valence-electron chi connectivity index (χ4n) is 6.18. The second kappa shape index (κ2) is 15.2. The van der Waals surface area contributed by atoms with E-state index in [4.69, 9.17) is 24.5 Å². The summed E-state index contributed by atoms with van der Waals surface area (Å²) in [7, 11) is 0.821. The lowest BCUT2D eigenvalue weighted by atomic mass is 9.77. The summed E-state index contributed by atoms with van der Waals surface area (Å²) in [5.41, 5.74) is 9.57. The van der Waals surface area contributed by atoms with Gasteiger partial charge in [0.2, 0.25) is 0 Å². The minimum absolute atomic E-state index is 0.0610. The Morgan fingerprint density at radius 3 is 2.38 bits per heavy atom. The zero-order valence-electron chi connectivity index (χ0n) is 30.6. The molecular formula is C39H46BF2N5O5. The number of benzene rings is 3. The summed E-state index contributed by atoms with van der Waals surface area (Å²) in [6, 6.07) is 16.0. The molecule has 4 aromatic rings. The normalized spacial score (nSPS) is 16.3. The van der Waals surface area contributed by atoms with E-state index in [1.807, 2.05) is 75.9 Å². The molecule has 1 aromatic heterocycles. The number of rotatable bonds is 14. The highest BCUT2D eigenvalue weighted by molar-refractivity contribution is 6.62. The van der Waals surface area contributed by atoms with Crippen molar-refractivity contribution in [3.05, 3.63) is 89.0 Å². The summed E-state index contributed by atoms with van der Waals surface area (Å²) in [5, 5.41) is 2.93. The number of nitrogens with two attached hydrogens (primary N) is 1. The molecule has 3 N–H and O–H groups in total. The van der Waals surface area contributed by atoms with Gasteiger partial charge in [-0.25, -0.2) is 18.7 Å². The second-order valence-electron chi connectivity index (χ2n) is 14.4. The molecule has 274 valence electrons. The van der Waals surface area contributed by atoms with Gasteiger partial charge in [0.25, 0.3) is 5.91 Å². The molecule has 1 aliphatic heterocycles. The van der Waals surface area contributed by atoms with E-state index >= 15 is 4.39 Å². The molecule has 0 spiro atoms. The number of alkyl halides is 1. The fraction of sp³-hybridized carbons (Fsp3) is 0.410. The van der Waals surface area contributed by atoms with Gasteiger partial charge in [-0.1, -0.05) is 24.3 Å². The summed E-state index contributed by atoms with van der Waals surface area (Å²) in [5.74, 6) is 0.274. The lowest BCUT2D eigenvalue weighted by Gasteiger charge is -2.32. The lowest BCUT2D eigenvalue weighted by Crippen LogP contribution is -2.41. The van der Waals surface area contributed by atoms with Crippen LogP contribution in [0.3, 0.4) is 0 Å². The first-order chi connectivity index (χ1) is 24.8. The molecule has 1 aliphatic carbocycles. The number of ether oxygens (including phenoxy) is 2. The molecule has 3 aromatic carbocycles. The summed E-state index contributed by atoms with van der Waals surface area (Å²) in [6.45, 7) is 10.4. The highest BCUT2D eigenvalue weighted by Crippen LogP contribution is 2.41. The Hall–Kier alpha value is -4.59. The second-order valence-corrected chi connectivity index (χ2v) is 14.4. The first-order valence-corrected chi connectivity index (χ1v) is 17.6. The van der Waals surface area contributed by atoms with Crippen LogP contribution in [0.2, 0.25) is 0 Å². The van der Waals surface area contributed by atoms with Crippen molar-refractivity contribution in [3.63, 3.8) is 0 Å². The van der Waals surface area contributed by atoms with Gasteiger partial charge in [0.1, 0.15) is 36.9 Å². The van der Waals surface area contributed by atoms with Crippen LogP contribution in [0, 0.1) is 12.7 Å². The van der Waals surface area contributed by atoms with Crippen molar-refractivity contribution >= 4 is 30.0 Å². The molecule has 0 bridgehead atoms. The molecule has 1 amide bonds. The number of hydrogen-bond donors (Lipinski definition) is 2. The number of nitrogens with zero attached hydrogens (tertiary/aromatic N) is 3. The van der Waals surface area contributed by atoms with Crippen molar-refractivity contribution in [2.45, 2.75) is 71.1 Å². The number of methoxy groups -OCH3 is 1. The summed E-state index contributed by atoms with van der Waals surface area (Å²) < 4.78 is 53.1. The average molecular weight is 714 g/mol. The number of aromatic nitrogens is 2. The number of carbonyl (C=O) groups excluding carboxylic acids is 1. The molecule has 0 unspecified atom stereocenters. The Kier molecular flexibility index (Phi) is 10.9. The zero-order valence-corrected chi connectivity index (χ0v) is 30.6. The summed E-state index contributed by atoms with van der Waals surface area (Å²) >= 11 is 0. The van der Waals surface area contributed by atoms with Gasteiger partial charge in [0.15, 0.2) is 11.6 Å². The van der Waals surface area contributed by atoms with Crippen molar-refractivity contribution in [3.8, 4) is 22.8 Å². The molecule has 6 rings (SSSR count). The van der Waals surface area contributed by atoms with Gasteiger partial charge in [-0.15, -0.1) is 0 Å². The van der Waals surface area contributed by atoms with Gasteiger partial charge < -0.3 is 29.8 Å². The van der Waals surface area contributed by atoms with Crippen LogP contribution in [-0.4, -0.2) is 72.6 Å². The maximum absolute atomic E-state index is 15.2. The topological polar surface area (TPSA) is 121 Å². The monoisotopic (exact) mass is 713 g/mol. The molecule has 13 heteroatoms. The third-order valence-corrected chi connectivity index (χ3v) is 10.2. The predicted molar refractivity (Wildman–Crippen MR) is 198 cm³/mol. The Labute approximate surface area is 304 Å². The number of nitrogens with one attached hydrogen (secondary N) is 1. The molecule has 52 heavy (non-hydrogen) atoms. The molecule has 2 aliphatic rings. The summed E-state index contributed by atoms with van der Waals surface area (Å²) in [6.07, 6.45) is 3.39. The van der Waals surface area contributed by atoms with Crippen LogP contribution in [0.4, 0.5) is 20.3 Å². The molecule has 0 atom stereocenters. The average Bonchev–Trinajstić information content (AvgIpc) is 3.92. The van der Waals surface area contributed by atoms with E-state index in [0.29, 0.717) is 47.0 Å². The first-order valence-electron chi connectivity index (χ1n) is 17.6. The van der Waals surface area contributed by atoms with E-state index in [-0.39, 0.29) is 30.3 Å². The first kappa shape index (κ1) is 37.2. The van der Waals surface area contributed by atoms with Crippen LogP contribution >= 0.6 is 0 Å². The Balaban J connectivity index is 1.31. The van der Waals surface area contributed by atoms with Crippen LogP contribution in [0.5, 0.6) is 11.5 Å². The van der Waals surface area contributed by atoms with Gasteiger partial charge in [-0.3, -0.25) is 9.69 Å². The molecule has 1 saturated heterocycles. The van der Waals surface area contributed by atoms with Crippen LogP contribution in [0.1, 0.15) is 73.5 Å². The maximum Gasteiger partial charge on any atom is 0.494 e. The van der Waals surface area contributed by atoms with Crippen molar-refractivity contribution in [1.29, 1.82) is 0 Å². The van der Waals surface area contributed by atoms with Gasteiger partial charge >= 0.3 is 7.12 Å². The standard InChI is InChI=1S/C39H46BF2N5O5/c1-24-31(34-35(36(43)45-23-44-34)50-18-17-47(16-15-41)22-25-7-12-29(49-6)13-8-25)20-28(40-51-38(2,3)39(4,5)52-40)21-33(24)46-37(48)30-14-11-27(19-32(30)42)26-9-10-26/h7-8,11-14,19-21,23,26H,9-10,15-18,22H2,1-6H3,(H,46,48)(H2,43,44,45). The van der Waals surface area contributed by atoms with E-state index in [1.54, 1.807) is 13.2 Å². The van der Waals surface area contributed by atoms with Crippen molar-refractivity contribution in [1.82, 2.24) is 14.9 Å². The van der Waals surface area contributed by atoms with E-state index in [1.165, 1.54) is 18.5 Å². The number of carbonyl (C=O) groups is 1.